The van der Waals surface area contributed by atoms with E-state index in [1.54, 1.807) is 41.8 Å². The number of aryl methyl sites for hydroxylation is 1. The van der Waals surface area contributed by atoms with Crippen LogP contribution in [0.15, 0.2) is 40.8 Å². The van der Waals surface area contributed by atoms with Crippen LogP contribution in [0.5, 0.6) is 0 Å². The van der Waals surface area contributed by atoms with Crippen molar-refractivity contribution >= 4 is 28.9 Å². The summed E-state index contributed by atoms with van der Waals surface area (Å²) < 4.78 is 11.2. The molecule has 1 aromatic carbocycles. The second-order valence-electron chi connectivity index (χ2n) is 5.34. The molecule has 0 aliphatic rings. The Morgan fingerprint density at radius 2 is 2.04 bits per heavy atom. The number of hydrogen-bond acceptors (Lipinski definition) is 6. The normalized spacial score (nSPS) is 11.0. The molecule has 0 aliphatic carbocycles. The molecule has 1 aromatic heterocycles. The molecule has 7 heteroatoms. The van der Waals surface area contributed by atoms with E-state index in [9.17, 15) is 14.4 Å². The average molecular weight is 354 g/mol. The number of ether oxygens (including phenoxy) is 2. The minimum Gasteiger partial charge on any atom is -0.466 e. The number of rotatable bonds is 6. The predicted octanol–water partition coefficient (Wildman–Crippen LogP) is 2.03. The second kappa shape index (κ2) is 8.62. The first kappa shape index (κ1) is 18.9. The Balaban J connectivity index is 2.55. The molecule has 0 aliphatic heterocycles. The van der Waals surface area contributed by atoms with Gasteiger partial charge in [-0.2, -0.15) is 5.26 Å². The number of benzene rings is 1. The first-order valence-electron chi connectivity index (χ1n) is 7.99. The lowest BCUT2D eigenvalue weighted by Crippen LogP contribution is -2.15. The first-order valence-corrected chi connectivity index (χ1v) is 7.99. The van der Waals surface area contributed by atoms with Crippen LogP contribution in [0.1, 0.15) is 18.9 Å². The summed E-state index contributed by atoms with van der Waals surface area (Å²) in [7, 11) is 1.16. The van der Waals surface area contributed by atoms with Gasteiger partial charge in [-0.05, 0) is 25.1 Å². The zero-order valence-corrected chi connectivity index (χ0v) is 14.5. The molecule has 0 bridgehead atoms. The molecule has 0 atom stereocenters. The Hall–Kier alpha value is -3.40. The van der Waals surface area contributed by atoms with Crippen molar-refractivity contribution in [1.29, 1.82) is 5.26 Å². The molecule has 2 aromatic rings. The molecule has 1 heterocycles. The van der Waals surface area contributed by atoms with E-state index in [4.69, 9.17) is 10.00 Å². The fourth-order valence-electron chi connectivity index (χ4n) is 2.50. The van der Waals surface area contributed by atoms with Crippen LogP contribution in [0.2, 0.25) is 0 Å². The highest BCUT2D eigenvalue weighted by molar-refractivity contribution is 5.98. The lowest BCUT2D eigenvalue weighted by molar-refractivity contribution is -0.143. The number of methoxy groups -OCH3 is 1. The highest BCUT2D eigenvalue weighted by Gasteiger charge is 2.13. The van der Waals surface area contributed by atoms with Crippen molar-refractivity contribution < 1.29 is 19.1 Å². The van der Waals surface area contributed by atoms with Crippen LogP contribution in [0.25, 0.3) is 17.0 Å². The number of nitrogens with zero attached hydrogens (tertiary/aromatic N) is 2. The van der Waals surface area contributed by atoms with Crippen molar-refractivity contribution in [3.05, 3.63) is 51.8 Å². The molecule has 0 radical (unpaired) electrons. The highest BCUT2D eigenvalue weighted by Crippen LogP contribution is 2.14. The molecule has 0 unspecified atom stereocenters. The van der Waals surface area contributed by atoms with Crippen LogP contribution in [0, 0.1) is 11.3 Å². The van der Waals surface area contributed by atoms with Crippen molar-refractivity contribution in [2.75, 3.05) is 13.7 Å². The number of carbonyl (C=O) groups is 2. The zero-order valence-electron chi connectivity index (χ0n) is 14.5. The van der Waals surface area contributed by atoms with Crippen LogP contribution in [0.4, 0.5) is 0 Å². The quantitative estimate of drug-likeness (QED) is 0.447. The van der Waals surface area contributed by atoms with Crippen molar-refractivity contribution in [1.82, 2.24) is 4.57 Å². The van der Waals surface area contributed by atoms with Gasteiger partial charge in [-0.3, -0.25) is 9.59 Å². The second-order valence-corrected chi connectivity index (χ2v) is 5.34. The molecule has 26 heavy (non-hydrogen) atoms. The molecule has 2 rings (SSSR count). The summed E-state index contributed by atoms with van der Waals surface area (Å²) in [6, 6.07) is 8.65. The van der Waals surface area contributed by atoms with E-state index >= 15 is 0 Å². The maximum atomic E-state index is 12.7. The molecule has 0 N–H and O–H groups in total. The van der Waals surface area contributed by atoms with Crippen LogP contribution in [-0.4, -0.2) is 30.2 Å². The topological polar surface area (TPSA) is 98.4 Å². The summed E-state index contributed by atoms with van der Waals surface area (Å²) in [4.78, 5) is 35.9. The van der Waals surface area contributed by atoms with Gasteiger partial charge in [0.25, 0.3) is 0 Å². The molecule has 0 fully saturated rings. The highest BCUT2D eigenvalue weighted by atomic mass is 16.5. The molecule has 0 saturated heterocycles. The molecule has 0 spiro atoms. The monoisotopic (exact) mass is 354 g/mol. The lowest BCUT2D eigenvalue weighted by Gasteiger charge is -2.12. The zero-order chi connectivity index (χ0) is 19.1. The van der Waals surface area contributed by atoms with Crippen molar-refractivity contribution in [2.24, 2.45) is 0 Å². The van der Waals surface area contributed by atoms with Gasteiger partial charge >= 0.3 is 11.9 Å². The summed E-state index contributed by atoms with van der Waals surface area (Å²) in [6.45, 7) is 2.31. The Kier molecular flexibility index (Phi) is 6.28. The van der Waals surface area contributed by atoms with E-state index in [0.717, 1.165) is 7.11 Å². The Bertz CT molecular complexity index is 966. The maximum absolute atomic E-state index is 12.7. The van der Waals surface area contributed by atoms with Gasteiger partial charge in [0.2, 0.25) is 0 Å². The minimum absolute atomic E-state index is 0.131. The standard InChI is InChI=1S/C19H18N2O5/c1-3-26-17(22)8-9-21-12-14(10-13(11-20)19(24)25-2)18(23)15-6-4-5-7-16(15)21/h4-7,10,12H,3,8-9H2,1-2H3/b13-10+. The number of aromatic nitrogens is 1. The Morgan fingerprint density at radius 1 is 1.31 bits per heavy atom. The largest absolute Gasteiger partial charge is 0.466 e. The summed E-state index contributed by atoms with van der Waals surface area (Å²) >= 11 is 0. The third-order valence-electron chi connectivity index (χ3n) is 3.70. The number of fused-ring (bicyclic) bond motifs is 1. The van der Waals surface area contributed by atoms with E-state index < -0.39 is 5.97 Å². The lowest BCUT2D eigenvalue weighted by atomic mass is 10.1. The molecular weight excluding hydrogens is 336 g/mol. The van der Waals surface area contributed by atoms with Gasteiger partial charge in [-0.1, -0.05) is 12.1 Å². The number of hydrogen-bond donors (Lipinski definition) is 0. The van der Waals surface area contributed by atoms with Gasteiger partial charge in [-0.15, -0.1) is 0 Å². The maximum Gasteiger partial charge on any atom is 0.348 e. The SMILES string of the molecule is CCOC(=O)CCn1cc(/C=C(\C#N)C(=O)OC)c(=O)c2ccccc21. The first-order chi connectivity index (χ1) is 12.5. The van der Waals surface area contributed by atoms with E-state index in [2.05, 4.69) is 4.74 Å². The fourth-order valence-corrected chi connectivity index (χ4v) is 2.50. The van der Waals surface area contributed by atoms with Gasteiger partial charge in [0.05, 0.1) is 25.7 Å². The number of carbonyl (C=O) groups excluding carboxylic acids is 2. The predicted molar refractivity (Wildman–Crippen MR) is 95.1 cm³/mol. The number of nitriles is 1. The minimum atomic E-state index is -0.821. The summed E-state index contributed by atoms with van der Waals surface area (Å²) in [5, 5.41) is 9.53. The molecule has 7 nitrogen and oxygen atoms in total. The fraction of sp³-hybridized carbons (Fsp3) is 0.263. The van der Waals surface area contributed by atoms with Gasteiger partial charge < -0.3 is 14.0 Å². The molecule has 0 saturated carbocycles. The summed E-state index contributed by atoms with van der Waals surface area (Å²) in [5.41, 5.74) is 0.214. The van der Waals surface area contributed by atoms with Gasteiger partial charge in [-0.25, -0.2) is 4.79 Å². The number of pyridine rings is 1. The van der Waals surface area contributed by atoms with Crippen molar-refractivity contribution in [3.8, 4) is 6.07 Å². The molecule has 134 valence electrons. The van der Waals surface area contributed by atoms with Gasteiger partial charge in [0.15, 0.2) is 5.43 Å². The average Bonchev–Trinajstić information content (AvgIpc) is 2.66. The van der Waals surface area contributed by atoms with E-state index in [1.165, 1.54) is 12.3 Å². The summed E-state index contributed by atoms with van der Waals surface area (Å²) in [5.74, 6) is -1.17. The number of para-hydroxylation sites is 1. The third kappa shape index (κ3) is 4.16. The van der Waals surface area contributed by atoms with Crippen molar-refractivity contribution in [3.63, 3.8) is 0 Å². The third-order valence-corrected chi connectivity index (χ3v) is 3.70. The molecule has 0 amide bonds. The van der Waals surface area contributed by atoms with Crippen LogP contribution < -0.4 is 5.43 Å². The smallest absolute Gasteiger partial charge is 0.348 e. The Labute approximate surface area is 150 Å². The van der Waals surface area contributed by atoms with Gasteiger partial charge in [0, 0.05) is 23.7 Å². The Morgan fingerprint density at radius 3 is 2.69 bits per heavy atom. The van der Waals surface area contributed by atoms with E-state index in [0.29, 0.717) is 24.1 Å². The van der Waals surface area contributed by atoms with Crippen LogP contribution >= 0.6 is 0 Å². The summed E-state index contributed by atoms with van der Waals surface area (Å²) in [6.07, 6.45) is 2.84. The molecular formula is C19H18N2O5. The van der Waals surface area contributed by atoms with Crippen LogP contribution in [-0.2, 0) is 25.6 Å². The van der Waals surface area contributed by atoms with E-state index in [-0.39, 0.29) is 29.0 Å². The van der Waals surface area contributed by atoms with Crippen molar-refractivity contribution in [2.45, 2.75) is 19.9 Å². The van der Waals surface area contributed by atoms with Gasteiger partial charge in [0.1, 0.15) is 11.6 Å². The van der Waals surface area contributed by atoms with Crippen LogP contribution in [0.3, 0.4) is 0 Å². The number of esters is 2. The van der Waals surface area contributed by atoms with E-state index in [1.807, 2.05) is 0 Å².